The molecule has 0 radical (unpaired) electrons. The maximum absolute atomic E-state index is 5.82. The second kappa shape index (κ2) is 5.13. The Balaban J connectivity index is 2.13. The first-order valence-corrected chi connectivity index (χ1v) is 6.25. The van der Waals surface area contributed by atoms with E-state index in [0.29, 0.717) is 0 Å². The minimum absolute atomic E-state index is 0.286. The Morgan fingerprint density at radius 1 is 1.00 bits per heavy atom. The molecule has 0 amide bonds. The van der Waals surface area contributed by atoms with Crippen LogP contribution in [0.2, 0.25) is 0 Å². The number of nitrogens with two attached hydrogens (primary N) is 1. The van der Waals surface area contributed by atoms with Gasteiger partial charge in [0.25, 0.3) is 0 Å². The average molecular weight is 240 g/mol. The normalized spacial score (nSPS) is 12.2. The summed E-state index contributed by atoms with van der Waals surface area (Å²) in [5.41, 5.74) is 11.4. The van der Waals surface area contributed by atoms with E-state index < -0.39 is 0 Å². The first-order chi connectivity index (χ1) is 8.56. The minimum atomic E-state index is 0.286. The highest BCUT2D eigenvalue weighted by atomic mass is 14.9. The van der Waals surface area contributed by atoms with E-state index in [2.05, 4.69) is 49.5 Å². The van der Waals surface area contributed by atoms with Gasteiger partial charge in [0.05, 0.1) is 0 Å². The zero-order valence-corrected chi connectivity index (χ0v) is 11.2. The molecule has 0 saturated heterocycles. The minimum Gasteiger partial charge on any atom is -0.399 e. The summed E-state index contributed by atoms with van der Waals surface area (Å²) in [7, 11) is 0. The largest absolute Gasteiger partial charge is 0.399 e. The van der Waals surface area contributed by atoms with Gasteiger partial charge in [0.2, 0.25) is 0 Å². The molecule has 1 unspecified atom stereocenters. The Labute approximate surface area is 109 Å². The number of nitrogen functional groups attached to an aromatic ring is 1. The molecule has 0 bridgehead atoms. The molecule has 2 nitrogen and oxygen atoms in total. The number of hydrogen-bond donors (Lipinski definition) is 2. The SMILES string of the molecule is Cc1ccc(C(C)Nc2ccc(N)c(C)c2)cc1. The van der Waals surface area contributed by atoms with Crippen molar-refractivity contribution in [3.05, 3.63) is 59.2 Å². The fraction of sp³-hybridized carbons (Fsp3) is 0.250. The first kappa shape index (κ1) is 12.5. The number of nitrogens with one attached hydrogen (secondary N) is 1. The number of rotatable bonds is 3. The molecule has 0 aliphatic rings. The van der Waals surface area contributed by atoms with E-state index in [9.17, 15) is 0 Å². The van der Waals surface area contributed by atoms with E-state index in [1.165, 1.54) is 11.1 Å². The van der Waals surface area contributed by atoms with Crippen molar-refractivity contribution < 1.29 is 0 Å². The molecule has 2 aromatic rings. The Hall–Kier alpha value is -1.96. The van der Waals surface area contributed by atoms with Crippen molar-refractivity contribution in [2.24, 2.45) is 0 Å². The molecule has 2 heteroatoms. The zero-order valence-electron chi connectivity index (χ0n) is 11.2. The Kier molecular flexibility index (Phi) is 3.56. The van der Waals surface area contributed by atoms with E-state index in [1.807, 2.05) is 19.1 Å². The molecule has 94 valence electrons. The van der Waals surface area contributed by atoms with Gasteiger partial charge < -0.3 is 11.1 Å². The van der Waals surface area contributed by atoms with E-state index in [1.54, 1.807) is 0 Å². The third kappa shape index (κ3) is 2.83. The lowest BCUT2D eigenvalue weighted by atomic mass is 10.1. The summed E-state index contributed by atoms with van der Waals surface area (Å²) >= 11 is 0. The van der Waals surface area contributed by atoms with Gasteiger partial charge >= 0.3 is 0 Å². The van der Waals surface area contributed by atoms with Crippen LogP contribution in [0.1, 0.15) is 29.7 Å². The van der Waals surface area contributed by atoms with Crippen molar-refractivity contribution >= 4 is 11.4 Å². The lowest BCUT2D eigenvalue weighted by molar-refractivity contribution is 0.884. The van der Waals surface area contributed by atoms with Crippen molar-refractivity contribution in [1.82, 2.24) is 0 Å². The second-order valence-corrected chi connectivity index (χ2v) is 4.85. The number of benzene rings is 2. The highest BCUT2D eigenvalue weighted by Crippen LogP contribution is 2.22. The van der Waals surface area contributed by atoms with Crippen molar-refractivity contribution in [3.8, 4) is 0 Å². The van der Waals surface area contributed by atoms with Crippen LogP contribution in [0.15, 0.2) is 42.5 Å². The third-order valence-electron chi connectivity index (χ3n) is 3.23. The van der Waals surface area contributed by atoms with Crippen LogP contribution < -0.4 is 11.1 Å². The Bertz CT molecular complexity index is 529. The molecule has 18 heavy (non-hydrogen) atoms. The molecular weight excluding hydrogens is 220 g/mol. The summed E-state index contributed by atoms with van der Waals surface area (Å²) in [6, 6.07) is 14.9. The van der Waals surface area contributed by atoms with Gasteiger partial charge in [-0.3, -0.25) is 0 Å². The molecule has 2 rings (SSSR count). The maximum Gasteiger partial charge on any atom is 0.0485 e. The summed E-state index contributed by atoms with van der Waals surface area (Å²) in [4.78, 5) is 0. The fourth-order valence-corrected chi connectivity index (χ4v) is 1.95. The molecule has 0 spiro atoms. The molecule has 0 aliphatic heterocycles. The quantitative estimate of drug-likeness (QED) is 0.794. The van der Waals surface area contributed by atoms with Crippen molar-refractivity contribution in [3.63, 3.8) is 0 Å². The third-order valence-corrected chi connectivity index (χ3v) is 3.23. The number of hydrogen-bond acceptors (Lipinski definition) is 2. The van der Waals surface area contributed by atoms with Gasteiger partial charge in [0.1, 0.15) is 0 Å². The van der Waals surface area contributed by atoms with Crippen LogP contribution in [-0.2, 0) is 0 Å². The van der Waals surface area contributed by atoms with Gasteiger partial charge in [-0.25, -0.2) is 0 Å². The Morgan fingerprint density at radius 3 is 2.28 bits per heavy atom. The van der Waals surface area contributed by atoms with E-state index in [4.69, 9.17) is 5.73 Å². The Morgan fingerprint density at radius 2 is 1.67 bits per heavy atom. The molecule has 1 atom stereocenters. The standard InChI is InChI=1S/C16H20N2/c1-11-4-6-14(7-5-11)13(3)18-15-8-9-16(17)12(2)10-15/h4-10,13,18H,17H2,1-3H3. The monoisotopic (exact) mass is 240 g/mol. The summed E-state index contributed by atoms with van der Waals surface area (Å²) in [6.07, 6.45) is 0. The topological polar surface area (TPSA) is 38.0 Å². The predicted octanol–water partition coefficient (Wildman–Crippen LogP) is 4.06. The fourth-order valence-electron chi connectivity index (χ4n) is 1.95. The van der Waals surface area contributed by atoms with Gasteiger partial charge in [-0.15, -0.1) is 0 Å². The van der Waals surface area contributed by atoms with Gasteiger partial charge in [-0.1, -0.05) is 29.8 Å². The smallest absolute Gasteiger partial charge is 0.0485 e. The molecule has 0 aromatic heterocycles. The van der Waals surface area contributed by atoms with Crippen LogP contribution in [-0.4, -0.2) is 0 Å². The van der Waals surface area contributed by atoms with E-state index >= 15 is 0 Å². The average Bonchev–Trinajstić information content (AvgIpc) is 2.34. The molecule has 0 saturated carbocycles. The van der Waals surface area contributed by atoms with Crippen LogP contribution in [0.3, 0.4) is 0 Å². The summed E-state index contributed by atoms with van der Waals surface area (Å²) in [5, 5.41) is 3.49. The van der Waals surface area contributed by atoms with Gasteiger partial charge in [0, 0.05) is 17.4 Å². The van der Waals surface area contributed by atoms with Gasteiger partial charge in [0.15, 0.2) is 0 Å². The van der Waals surface area contributed by atoms with Crippen LogP contribution in [0, 0.1) is 13.8 Å². The number of aryl methyl sites for hydroxylation is 2. The summed E-state index contributed by atoms with van der Waals surface area (Å²) in [6.45, 7) is 6.29. The molecule has 2 aromatic carbocycles. The van der Waals surface area contributed by atoms with Crippen LogP contribution in [0.25, 0.3) is 0 Å². The number of anilines is 2. The lowest BCUT2D eigenvalue weighted by Crippen LogP contribution is -2.06. The van der Waals surface area contributed by atoms with Crippen LogP contribution in [0.5, 0.6) is 0 Å². The van der Waals surface area contributed by atoms with Crippen molar-refractivity contribution in [1.29, 1.82) is 0 Å². The molecule has 3 N–H and O–H groups in total. The first-order valence-electron chi connectivity index (χ1n) is 6.25. The molecular formula is C16H20N2. The highest BCUT2D eigenvalue weighted by molar-refractivity contribution is 5.57. The van der Waals surface area contributed by atoms with E-state index in [0.717, 1.165) is 16.9 Å². The van der Waals surface area contributed by atoms with Crippen molar-refractivity contribution in [2.75, 3.05) is 11.1 Å². The van der Waals surface area contributed by atoms with Crippen molar-refractivity contribution in [2.45, 2.75) is 26.8 Å². The highest BCUT2D eigenvalue weighted by Gasteiger charge is 2.05. The van der Waals surface area contributed by atoms with Gasteiger partial charge in [-0.2, -0.15) is 0 Å². The second-order valence-electron chi connectivity index (χ2n) is 4.85. The zero-order chi connectivity index (χ0) is 13.1. The molecule has 0 fully saturated rings. The molecule has 0 heterocycles. The maximum atomic E-state index is 5.82. The lowest BCUT2D eigenvalue weighted by Gasteiger charge is -2.16. The van der Waals surface area contributed by atoms with Crippen LogP contribution in [0.4, 0.5) is 11.4 Å². The predicted molar refractivity (Wildman–Crippen MR) is 78.8 cm³/mol. The van der Waals surface area contributed by atoms with E-state index in [-0.39, 0.29) is 6.04 Å². The van der Waals surface area contributed by atoms with Crippen LogP contribution >= 0.6 is 0 Å². The summed E-state index contributed by atoms with van der Waals surface area (Å²) < 4.78 is 0. The molecule has 0 aliphatic carbocycles. The summed E-state index contributed by atoms with van der Waals surface area (Å²) in [5.74, 6) is 0. The van der Waals surface area contributed by atoms with Gasteiger partial charge in [-0.05, 0) is 50.1 Å².